The maximum absolute atomic E-state index is 12.4. The number of hydrogen-bond acceptors (Lipinski definition) is 4. The van der Waals surface area contributed by atoms with Crippen LogP contribution in [0.5, 0.6) is 0 Å². The van der Waals surface area contributed by atoms with Crippen LogP contribution in [0.2, 0.25) is 0 Å². The molecule has 0 spiro atoms. The van der Waals surface area contributed by atoms with Gasteiger partial charge in [-0.25, -0.2) is 9.78 Å². The van der Waals surface area contributed by atoms with Crippen molar-refractivity contribution in [3.63, 3.8) is 0 Å². The molecule has 0 aliphatic heterocycles. The van der Waals surface area contributed by atoms with Gasteiger partial charge < -0.3 is 9.88 Å². The Morgan fingerprint density at radius 3 is 2.62 bits per heavy atom. The molecule has 1 aliphatic carbocycles. The lowest BCUT2D eigenvalue weighted by Gasteiger charge is -2.24. The highest BCUT2D eigenvalue weighted by Crippen LogP contribution is 2.28. The molecular weight excluding hydrogens is 334 g/mol. The molecule has 0 atom stereocenters. The Bertz CT molecular complexity index is 1010. The summed E-state index contributed by atoms with van der Waals surface area (Å²) < 4.78 is 4.29. The van der Waals surface area contributed by atoms with Gasteiger partial charge in [-0.2, -0.15) is 0 Å². The highest BCUT2D eigenvalue weighted by atomic mass is 16.2. The number of rotatable bonds is 5. The van der Waals surface area contributed by atoms with E-state index in [1.165, 1.54) is 11.6 Å². The van der Waals surface area contributed by atoms with Crippen molar-refractivity contribution in [3.05, 3.63) is 38.9 Å². The van der Waals surface area contributed by atoms with E-state index >= 15 is 0 Å². The van der Waals surface area contributed by atoms with Gasteiger partial charge in [0.2, 0.25) is 0 Å². The van der Waals surface area contributed by atoms with Crippen LogP contribution in [0.1, 0.15) is 33.1 Å². The highest BCUT2D eigenvalue weighted by Gasteiger charge is 2.28. The molecule has 0 aromatic carbocycles. The van der Waals surface area contributed by atoms with Crippen LogP contribution in [0.15, 0.2) is 27.7 Å². The molecule has 2 aromatic heterocycles. The molecule has 2 N–H and O–H groups in total. The molecule has 140 valence electrons. The number of imidazole rings is 1. The minimum atomic E-state index is -0.377. The number of hydrogen-bond donors (Lipinski definition) is 1. The number of allylic oxidation sites excluding steroid dienone is 2. The van der Waals surface area contributed by atoms with Gasteiger partial charge in [-0.3, -0.25) is 18.7 Å². The number of quaternary nitrogens is 1. The maximum atomic E-state index is 12.4. The van der Waals surface area contributed by atoms with Gasteiger partial charge >= 0.3 is 5.69 Å². The van der Waals surface area contributed by atoms with Crippen LogP contribution in [-0.4, -0.2) is 31.0 Å². The molecule has 0 amide bonds. The molecule has 3 rings (SSSR count). The third-order valence-electron chi connectivity index (χ3n) is 4.86. The molecule has 0 bridgehead atoms. The number of fused-ring (bicyclic) bond motifs is 1. The number of aromatic nitrogens is 4. The van der Waals surface area contributed by atoms with Crippen LogP contribution in [0.3, 0.4) is 0 Å². The molecule has 0 saturated carbocycles. The van der Waals surface area contributed by atoms with Crippen LogP contribution in [0, 0.1) is 5.41 Å². The molecule has 2 heterocycles. The van der Waals surface area contributed by atoms with E-state index in [-0.39, 0.29) is 22.4 Å². The lowest BCUT2D eigenvalue weighted by Crippen LogP contribution is -2.83. The Kier molecular flexibility index (Phi) is 4.70. The number of Topliss-reactive ketones (excluding diaryl/α,β-unsaturated/α-hetero) is 1. The van der Waals surface area contributed by atoms with Crippen molar-refractivity contribution in [2.75, 3.05) is 6.54 Å². The monoisotopic (exact) mass is 360 g/mol. The summed E-state index contributed by atoms with van der Waals surface area (Å²) in [5.41, 5.74) is 1.18. The first-order chi connectivity index (χ1) is 12.2. The van der Waals surface area contributed by atoms with Crippen molar-refractivity contribution in [2.45, 2.75) is 39.7 Å². The zero-order valence-electron chi connectivity index (χ0n) is 15.8. The Morgan fingerprint density at radius 1 is 1.19 bits per heavy atom. The van der Waals surface area contributed by atoms with Crippen molar-refractivity contribution in [2.24, 2.45) is 19.5 Å². The summed E-state index contributed by atoms with van der Waals surface area (Å²) in [6.07, 6.45) is 5.74. The standard InChI is InChI=1S/C18H25N5O3/c1-18(2)9-12(8-13(24)10-18)19-6-5-7-23-11-20-15-14(23)16(25)22(4)17(26)21(15)3/h9,11,19H,5-8,10H2,1-4H3/p+1. The average molecular weight is 360 g/mol. The summed E-state index contributed by atoms with van der Waals surface area (Å²) in [6.45, 7) is 5.61. The van der Waals surface area contributed by atoms with Gasteiger partial charge in [0.15, 0.2) is 11.2 Å². The lowest BCUT2D eigenvalue weighted by atomic mass is 9.81. The van der Waals surface area contributed by atoms with Gasteiger partial charge in [-0.05, 0) is 11.5 Å². The number of ketones is 1. The van der Waals surface area contributed by atoms with E-state index in [0.29, 0.717) is 30.6 Å². The molecule has 0 fully saturated rings. The molecule has 8 heteroatoms. The van der Waals surface area contributed by atoms with Crippen LogP contribution >= 0.6 is 0 Å². The third-order valence-corrected chi connectivity index (χ3v) is 4.86. The van der Waals surface area contributed by atoms with E-state index in [0.717, 1.165) is 23.2 Å². The van der Waals surface area contributed by atoms with E-state index < -0.39 is 0 Å². The largest absolute Gasteiger partial charge is 0.332 e. The predicted octanol–water partition coefficient (Wildman–Crippen LogP) is -0.340. The number of carbonyl (C=O) groups is 1. The third kappa shape index (κ3) is 3.41. The van der Waals surface area contributed by atoms with Crippen LogP contribution in [0.25, 0.3) is 11.2 Å². The van der Waals surface area contributed by atoms with E-state index in [9.17, 15) is 14.4 Å². The molecule has 0 saturated heterocycles. The quantitative estimate of drug-likeness (QED) is 0.738. The summed E-state index contributed by atoms with van der Waals surface area (Å²) in [5.74, 6) is 0.286. The topological polar surface area (TPSA) is 95.5 Å². The van der Waals surface area contributed by atoms with E-state index in [1.54, 1.807) is 17.9 Å². The van der Waals surface area contributed by atoms with Crippen molar-refractivity contribution >= 4 is 16.9 Å². The summed E-state index contributed by atoms with van der Waals surface area (Å²) in [4.78, 5) is 40.4. The molecule has 8 nitrogen and oxygen atoms in total. The van der Waals surface area contributed by atoms with Crippen molar-refractivity contribution in [1.82, 2.24) is 18.7 Å². The van der Waals surface area contributed by atoms with Crippen molar-refractivity contribution in [1.29, 1.82) is 0 Å². The van der Waals surface area contributed by atoms with Gasteiger partial charge in [0, 0.05) is 33.5 Å². The van der Waals surface area contributed by atoms with Crippen LogP contribution in [-0.2, 0) is 25.4 Å². The number of nitrogens with zero attached hydrogens (tertiary/aromatic N) is 4. The first kappa shape index (κ1) is 18.3. The first-order valence-corrected chi connectivity index (χ1v) is 8.87. The molecule has 0 unspecified atom stereocenters. The van der Waals surface area contributed by atoms with Crippen LogP contribution < -0.4 is 16.6 Å². The van der Waals surface area contributed by atoms with E-state index in [1.807, 2.05) is 0 Å². The zero-order valence-corrected chi connectivity index (χ0v) is 15.8. The summed E-state index contributed by atoms with van der Waals surface area (Å²) in [5, 5.41) is 2.12. The minimum Gasteiger partial charge on any atom is -0.325 e. The van der Waals surface area contributed by atoms with Crippen molar-refractivity contribution < 1.29 is 10.1 Å². The minimum absolute atomic E-state index is 0.0707. The number of carbonyl (C=O) groups excluding carboxylic acids is 1. The molecule has 1 aliphatic rings. The second-order valence-corrected chi connectivity index (χ2v) is 7.76. The van der Waals surface area contributed by atoms with Gasteiger partial charge in [0.1, 0.15) is 11.5 Å². The van der Waals surface area contributed by atoms with Crippen molar-refractivity contribution in [3.8, 4) is 0 Å². The fraction of sp³-hybridized carbons (Fsp3) is 0.556. The lowest BCUT2D eigenvalue weighted by molar-refractivity contribution is -0.608. The van der Waals surface area contributed by atoms with E-state index in [4.69, 9.17) is 0 Å². The normalized spacial score (nSPS) is 16.9. The van der Waals surface area contributed by atoms with Crippen LogP contribution in [0.4, 0.5) is 0 Å². The Morgan fingerprint density at radius 2 is 1.92 bits per heavy atom. The molecule has 0 radical (unpaired) electrons. The summed E-state index contributed by atoms with van der Waals surface area (Å²) >= 11 is 0. The molecule has 26 heavy (non-hydrogen) atoms. The summed E-state index contributed by atoms with van der Waals surface area (Å²) in [7, 11) is 3.09. The second-order valence-electron chi connectivity index (χ2n) is 7.76. The van der Waals surface area contributed by atoms with E-state index in [2.05, 4.69) is 30.2 Å². The zero-order chi connectivity index (χ0) is 19.1. The SMILES string of the molecule is Cn1c(=O)c2c(ncn2CCC[NH2+]C2=CC(C)(C)CC(=O)C2)n(C)c1=O. The Labute approximate surface area is 151 Å². The van der Waals surface area contributed by atoms with Gasteiger partial charge in [-0.1, -0.05) is 13.8 Å². The number of nitrogens with two attached hydrogens (primary N) is 1. The Hall–Kier alpha value is -2.48. The van der Waals surface area contributed by atoms with Gasteiger partial charge in [-0.15, -0.1) is 0 Å². The molecule has 2 aromatic rings. The fourth-order valence-corrected chi connectivity index (χ4v) is 3.65. The second kappa shape index (κ2) is 6.68. The maximum Gasteiger partial charge on any atom is 0.332 e. The Balaban J connectivity index is 1.70. The molecular formula is C18H26N5O3+. The highest BCUT2D eigenvalue weighted by molar-refractivity contribution is 5.82. The number of aryl methyl sites for hydroxylation is 2. The predicted molar refractivity (Wildman–Crippen MR) is 97.7 cm³/mol. The average Bonchev–Trinajstić information content (AvgIpc) is 2.97. The van der Waals surface area contributed by atoms with Gasteiger partial charge in [0.05, 0.1) is 19.3 Å². The fourth-order valence-electron chi connectivity index (χ4n) is 3.65. The van der Waals surface area contributed by atoms with Gasteiger partial charge in [0.25, 0.3) is 5.56 Å². The summed E-state index contributed by atoms with van der Waals surface area (Å²) in [6, 6.07) is 0. The first-order valence-electron chi connectivity index (χ1n) is 8.87. The smallest absolute Gasteiger partial charge is 0.325 e.